The number of fused-ring (bicyclic) bond motifs is 1. The van der Waals surface area contributed by atoms with E-state index in [1.165, 1.54) is 0 Å². The molecule has 0 radical (unpaired) electrons. The van der Waals surface area contributed by atoms with Crippen molar-refractivity contribution in [1.82, 2.24) is 0 Å². The summed E-state index contributed by atoms with van der Waals surface area (Å²) < 4.78 is 12.0. The SMILES string of the molecule is CC1(C)OB(c2ccc3c(c2)C(=O)CCN3)OC1(C)C. The Morgan fingerprint density at radius 3 is 2.45 bits per heavy atom. The van der Waals surface area contributed by atoms with E-state index >= 15 is 0 Å². The van der Waals surface area contributed by atoms with Crippen LogP contribution in [0.5, 0.6) is 0 Å². The zero-order valence-corrected chi connectivity index (χ0v) is 12.4. The van der Waals surface area contributed by atoms with Gasteiger partial charge in [0.1, 0.15) is 0 Å². The van der Waals surface area contributed by atoms with Gasteiger partial charge in [-0.2, -0.15) is 0 Å². The first-order valence-electron chi connectivity index (χ1n) is 7.07. The molecule has 1 N–H and O–H groups in total. The molecule has 1 aromatic rings. The zero-order chi connectivity index (χ0) is 14.5. The summed E-state index contributed by atoms with van der Waals surface area (Å²) in [7, 11) is -0.417. The van der Waals surface area contributed by atoms with Gasteiger partial charge in [0.15, 0.2) is 5.78 Å². The van der Waals surface area contributed by atoms with Crippen LogP contribution in [0.15, 0.2) is 18.2 Å². The summed E-state index contributed by atoms with van der Waals surface area (Å²) in [4.78, 5) is 12.0. The molecule has 5 heteroatoms. The average Bonchev–Trinajstić information content (AvgIpc) is 2.59. The van der Waals surface area contributed by atoms with Gasteiger partial charge in [-0.15, -0.1) is 0 Å². The number of Topliss-reactive ketones (excluding diaryl/α,β-unsaturated/α-hetero) is 1. The lowest BCUT2D eigenvalue weighted by molar-refractivity contribution is 0.00578. The predicted octanol–water partition coefficient (Wildman–Crippen LogP) is 1.98. The second-order valence-corrected chi connectivity index (χ2v) is 6.49. The standard InChI is InChI=1S/C15H20BNO3/c1-14(2)15(3,4)20-16(19-14)10-5-6-12-11(9-10)13(18)7-8-17-12/h5-6,9,17H,7-8H2,1-4H3. The summed E-state index contributed by atoms with van der Waals surface area (Å²) in [5.74, 6) is 0.178. The maximum Gasteiger partial charge on any atom is 0.494 e. The third-order valence-electron chi connectivity index (χ3n) is 4.54. The van der Waals surface area contributed by atoms with Crippen LogP contribution < -0.4 is 10.8 Å². The van der Waals surface area contributed by atoms with Gasteiger partial charge in [-0.25, -0.2) is 0 Å². The topological polar surface area (TPSA) is 47.6 Å². The summed E-state index contributed by atoms with van der Waals surface area (Å²) in [6.45, 7) is 8.81. The molecular formula is C15H20BNO3. The van der Waals surface area contributed by atoms with Crippen LogP contribution in [0.2, 0.25) is 0 Å². The van der Waals surface area contributed by atoms with Gasteiger partial charge in [-0.05, 0) is 45.3 Å². The van der Waals surface area contributed by atoms with Crippen molar-refractivity contribution in [2.75, 3.05) is 11.9 Å². The van der Waals surface area contributed by atoms with Crippen molar-refractivity contribution in [3.63, 3.8) is 0 Å². The minimum Gasteiger partial charge on any atom is -0.399 e. The van der Waals surface area contributed by atoms with Crippen molar-refractivity contribution in [1.29, 1.82) is 0 Å². The molecule has 106 valence electrons. The molecule has 2 aliphatic heterocycles. The maximum absolute atomic E-state index is 12.0. The highest BCUT2D eigenvalue weighted by Gasteiger charge is 2.51. The molecular weight excluding hydrogens is 253 g/mol. The Morgan fingerprint density at radius 2 is 1.80 bits per heavy atom. The second kappa shape index (κ2) is 4.33. The number of carbonyl (C=O) groups excluding carboxylic acids is 1. The average molecular weight is 273 g/mol. The maximum atomic E-state index is 12.0. The smallest absolute Gasteiger partial charge is 0.399 e. The fourth-order valence-corrected chi connectivity index (χ4v) is 2.52. The van der Waals surface area contributed by atoms with Crippen molar-refractivity contribution in [2.24, 2.45) is 0 Å². The molecule has 2 aliphatic rings. The van der Waals surface area contributed by atoms with Crippen LogP contribution in [0.4, 0.5) is 5.69 Å². The molecule has 0 saturated carbocycles. The van der Waals surface area contributed by atoms with E-state index in [0.717, 1.165) is 16.7 Å². The van der Waals surface area contributed by atoms with Crippen LogP contribution in [-0.2, 0) is 9.31 Å². The van der Waals surface area contributed by atoms with E-state index in [1.54, 1.807) is 0 Å². The Kier molecular flexibility index (Phi) is 2.96. The number of rotatable bonds is 1. The lowest BCUT2D eigenvalue weighted by atomic mass is 9.77. The zero-order valence-electron chi connectivity index (χ0n) is 12.4. The molecule has 0 aliphatic carbocycles. The van der Waals surface area contributed by atoms with Gasteiger partial charge in [-0.1, -0.05) is 6.07 Å². The largest absolute Gasteiger partial charge is 0.494 e. The molecule has 20 heavy (non-hydrogen) atoms. The first kappa shape index (κ1) is 13.6. The lowest BCUT2D eigenvalue weighted by Crippen LogP contribution is -2.41. The summed E-state index contributed by atoms with van der Waals surface area (Å²) in [5, 5.41) is 3.24. The van der Waals surface area contributed by atoms with Crippen LogP contribution in [0.3, 0.4) is 0 Å². The highest BCUT2D eigenvalue weighted by atomic mass is 16.7. The number of anilines is 1. The van der Waals surface area contributed by atoms with E-state index in [9.17, 15) is 4.79 Å². The van der Waals surface area contributed by atoms with Crippen molar-refractivity contribution >= 4 is 24.1 Å². The van der Waals surface area contributed by atoms with Crippen molar-refractivity contribution in [3.05, 3.63) is 23.8 Å². The molecule has 0 spiro atoms. The Labute approximate surface area is 120 Å². The number of ketones is 1. The molecule has 3 rings (SSSR count). The molecule has 1 saturated heterocycles. The van der Waals surface area contributed by atoms with Crippen LogP contribution in [-0.4, -0.2) is 30.6 Å². The number of nitrogens with one attached hydrogen (secondary N) is 1. The van der Waals surface area contributed by atoms with Gasteiger partial charge in [0, 0.05) is 24.2 Å². The molecule has 0 bridgehead atoms. The highest BCUT2D eigenvalue weighted by Crippen LogP contribution is 2.36. The Hall–Kier alpha value is -1.33. The highest BCUT2D eigenvalue weighted by molar-refractivity contribution is 6.62. The first-order valence-corrected chi connectivity index (χ1v) is 7.07. The summed E-state index contributed by atoms with van der Waals surface area (Å²) in [6.07, 6.45) is 0.541. The van der Waals surface area contributed by atoms with E-state index in [1.807, 2.05) is 45.9 Å². The fraction of sp³-hybridized carbons (Fsp3) is 0.533. The quantitative estimate of drug-likeness (QED) is 0.795. The number of benzene rings is 1. The number of carbonyl (C=O) groups is 1. The lowest BCUT2D eigenvalue weighted by Gasteiger charge is -2.32. The third kappa shape index (κ3) is 2.05. The molecule has 4 nitrogen and oxygen atoms in total. The van der Waals surface area contributed by atoms with Crippen LogP contribution in [0.1, 0.15) is 44.5 Å². The Bertz CT molecular complexity index is 552. The van der Waals surface area contributed by atoms with E-state index in [4.69, 9.17) is 9.31 Å². The van der Waals surface area contributed by atoms with Crippen molar-refractivity contribution in [2.45, 2.75) is 45.3 Å². The van der Waals surface area contributed by atoms with Crippen LogP contribution in [0.25, 0.3) is 0 Å². The fourth-order valence-electron chi connectivity index (χ4n) is 2.52. The van der Waals surface area contributed by atoms with Crippen LogP contribution in [0, 0.1) is 0 Å². The van der Waals surface area contributed by atoms with E-state index in [-0.39, 0.29) is 17.0 Å². The summed E-state index contributed by atoms with van der Waals surface area (Å²) >= 11 is 0. The Morgan fingerprint density at radius 1 is 1.15 bits per heavy atom. The van der Waals surface area contributed by atoms with Crippen molar-refractivity contribution in [3.8, 4) is 0 Å². The van der Waals surface area contributed by atoms with Gasteiger partial charge >= 0.3 is 7.12 Å². The minimum absolute atomic E-state index is 0.178. The van der Waals surface area contributed by atoms with Crippen molar-refractivity contribution < 1.29 is 14.1 Å². The van der Waals surface area contributed by atoms with Gasteiger partial charge in [0.05, 0.1) is 11.2 Å². The van der Waals surface area contributed by atoms with E-state index in [2.05, 4.69) is 5.32 Å². The Balaban J connectivity index is 1.93. The number of hydrogen-bond acceptors (Lipinski definition) is 4. The van der Waals surface area contributed by atoms with Gasteiger partial charge in [0.25, 0.3) is 0 Å². The van der Waals surface area contributed by atoms with Gasteiger partial charge < -0.3 is 14.6 Å². The summed E-state index contributed by atoms with van der Waals surface area (Å²) in [5.41, 5.74) is 1.82. The molecule has 0 aromatic heterocycles. The molecule has 0 unspecified atom stereocenters. The van der Waals surface area contributed by atoms with E-state index < -0.39 is 7.12 Å². The monoisotopic (exact) mass is 273 g/mol. The molecule has 0 amide bonds. The number of hydrogen-bond donors (Lipinski definition) is 1. The summed E-state index contributed by atoms with van der Waals surface area (Å²) in [6, 6.07) is 5.80. The predicted molar refractivity (Wildman–Crippen MR) is 79.6 cm³/mol. The second-order valence-electron chi connectivity index (χ2n) is 6.49. The van der Waals surface area contributed by atoms with E-state index in [0.29, 0.717) is 13.0 Å². The van der Waals surface area contributed by atoms with Crippen LogP contribution >= 0.6 is 0 Å². The molecule has 1 fully saturated rings. The molecule has 1 aromatic carbocycles. The van der Waals surface area contributed by atoms with Gasteiger partial charge in [0.2, 0.25) is 0 Å². The third-order valence-corrected chi connectivity index (χ3v) is 4.54. The minimum atomic E-state index is -0.417. The normalized spacial score (nSPS) is 23.4. The molecule has 2 heterocycles. The first-order chi connectivity index (χ1) is 9.30. The van der Waals surface area contributed by atoms with Gasteiger partial charge in [-0.3, -0.25) is 4.79 Å². The molecule has 0 atom stereocenters.